The minimum Gasteiger partial charge on any atom is -0.378 e. The minimum atomic E-state index is -2.94. The Morgan fingerprint density at radius 3 is 2.69 bits per heavy atom. The van der Waals surface area contributed by atoms with Gasteiger partial charge in [0.25, 0.3) is 5.92 Å². The molecular weight excluding hydrogens is 362 g/mol. The number of aromatic nitrogens is 3. The van der Waals surface area contributed by atoms with E-state index in [9.17, 15) is 8.78 Å². The lowest BCUT2D eigenvalue weighted by Gasteiger charge is -2.28. The highest BCUT2D eigenvalue weighted by Crippen LogP contribution is 2.34. The number of halogens is 3. The van der Waals surface area contributed by atoms with Crippen molar-refractivity contribution in [2.45, 2.75) is 12.8 Å². The molecule has 0 radical (unpaired) electrons. The van der Waals surface area contributed by atoms with E-state index in [-0.39, 0.29) is 5.56 Å². The molecule has 0 amide bonds. The van der Waals surface area contributed by atoms with E-state index in [1.54, 1.807) is 16.8 Å². The summed E-state index contributed by atoms with van der Waals surface area (Å²) in [7, 11) is 0. The van der Waals surface area contributed by atoms with Crippen LogP contribution in [-0.2, 0) is 10.7 Å². The standard InChI is InChI=1S/C18H17ClF2N4O/c1-18(20,21)12-2-3-22-17(8-12)25-11-15(24-4-6-26-7-5-24)13-10-23-16(19)9-14(13)25/h2-3,8-11H,4-7H2,1H3. The number of pyridine rings is 2. The lowest BCUT2D eigenvalue weighted by molar-refractivity contribution is 0.0174. The third-order valence-corrected chi connectivity index (χ3v) is 4.69. The van der Waals surface area contributed by atoms with Gasteiger partial charge in [-0.2, -0.15) is 0 Å². The Morgan fingerprint density at radius 1 is 1.19 bits per heavy atom. The Labute approximate surface area is 154 Å². The summed E-state index contributed by atoms with van der Waals surface area (Å²) in [4.78, 5) is 10.7. The van der Waals surface area contributed by atoms with Crippen molar-refractivity contribution in [1.29, 1.82) is 0 Å². The van der Waals surface area contributed by atoms with Crippen LogP contribution in [0.5, 0.6) is 0 Å². The fraction of sp³-hybridized carbons (Fsp3) is 0.333. The van der Waals surface area contributed by atoms with E-state index in [1.165, 1.54) is 18.3 Å². The van der Waals surface area contributed by atoms with Gasteiger partial charge in [-0.1, -0.05) is 11.6 Å². The number of hydrogen-bond donors (Lipinski definition) is 0. The van der Waals surface area contributed by atoms with Crippen molar-refractivity contribution in [3.8, 4) is 5.82 Å². The number of ether oxygens (including phenoxy) is 1. The number of nitrogens with zero attached hydrogens (tertiary/aromatic N) is 4. The van der Waals surface area contributed by atoms with Crippen LogP contribution in [0.2, 0.25) is 5.15 Å². The smallest absolute Gasteiger partial charge is 0.270 e. The zero-order chi connectivity index (χ0) is 18.3. The van der Waals surface area contributed by atoms with Gasteiger partial charge in [-0.25, -0.2) is 18.7 Å². The third-order valence-electron chi connectivity index (χ3n) is 4.49. The first-order chi connectivity index (χ1) is 12.4. The topological polar surface area (TPSA) is 43.2 Å². The Morgan fingerprint density at radius 2 is 1.96 bits per heavy atom. The quantitative estimate of drug-likeness (QED) is 0.645. The largest absolute Gasteiger partial charge is 0.378 e. The fourth-order valence-electron chi connectivity index (χ4n) is 3.15. The van der Waals surface area contributed by atoms with Crippen molar-refractivity contribution in [3.63, 3.8) is 0 Å². The molecule has 1 aliphatic rings. The molecule has 0 N–H and O–H groups in total. The highest BCUT2D eigenvalue weighted by Gasteiger charge is 2.25. The van der Waals surface area contributed by atoms with E-state index < -0.39 is 5.92 Å². The third kappa shape index (κ3) is 3.12. The normalized spacial score (nSPS) is 15.6. The molecule has 4 heterocycles. The lowest BCUT2D eigenvalue weighted by Crippen LogP contribution is -2.36. The molecule has 0 unspecified atom stereocenters. The zero-order valence-corrected chi connectivity index (χ0v) is 14.9. The molecular formula is C18H17ClF2N4O. The van der Waals surface area contributed by atoms with Crippen LogP contribution >= 0.6 is 11.6 Å². The summed E-state index contributed by atoms with van der Waals surface area (Å²) in [6.45, 7) is 3.66. The van der Waals surface area contributed by atoms with Crippen LogP contribution in [0.4, 0.5) is 14.5 Å². The van der Waals surface area contributed by atoms with Gasteiger partial charge in [-0.05, 0) is 12.1 Å². The Hall–Kier alpha value is -2.25. The van der Waals surface area contributed by atoms with Gasteiger partial charge in [-0.15, -0.1) is 0 Å². The molecule has 3 aromatic heterocycles. The highest BCUT2D eigenvalue weighted by atomic mass is 35.5. The molecule has 0 aromatic carbocycles. The van der Waals surface area contributed by atoms with E-state index in [1.807, 2.05) is 6.20 Å². The van der Waals surface area contributed by atoms with Gasteiger partial charge in [0.15, 0.2) is 0 Å². The summed E-state index contributed by atoms with van der Waals surface area (Å²) < 4.78 is 34.7. The fourth-order valence-corrected chi connectivity index (χ4v) is 3.30. The second-order valence-electron chi connectivity index (χ2n) is 6.30. The average Bonchev–Trinajstić information content (AvgIpc) is 3.00. The zero-order valence-electron chi connectivity index (χ0n) is 14.1. The van der Waals surface area contributed by atoms with Crippen LogP contribution in [0, 0.1) is 0 Å². The van der Waals surface area contributed by atoms with Crippen LogP contribution < -0.4 is 4.90 Å². The van der Waals surface area contributed by atoms with Gasteiger partial charge >= 0.3 is 0 Å². The van der Waals surface area contributed by atoms with Crippen LogP contribution in [0.1, 0.15) is 12.5 Å². The monoisotopic (exact) mass is 378 g/mol. The van der Waals surface area contributed by atoms with Gasteiger partial charge in [0.05, 0.1) is 24.4 Å². The predicted octanol–water partition coefficient (Wildman–Crippen LogP) is 4.02. The van der Waals surface area contributed by atoms with Gasteiger partial charge in [0.1, 0.15) is 11.0 Å². The number of fused-ring (bicyclic) bond motifs is 1. The molecule has 0 saturated carbocycles. The maximum Gasteiger partial charge on any atom is 0.270 e. The summed E-state index contributed by atoms with van der Waals surface area (Å²) in [5, 5.41) is 1.23. The van der Waals surface area contributed by atoms with Crippen molar-refractivity contribution in [3.05, 3.63) is 47.5 Å². The molecule has 1 fully saturated rings. The SMILES string of the molecule is CC(F)(F)c1ccnc(-n2cc(N3CCOCC3)c3cnc(Cl)cc32)c1. The Balaban J connectivity index is 1.88. The van der Waals surface area contributed by atoms with Crippen LogP contribution in [0.15, 0.2) is 36.8 Å². The van der Waals surface area contributed by atoms with Crippen molar-refractivity contribution in [1.82, 2.24) is 14.5 Å². The number of hydrogen-bond acceptors (Lipinski definition) is 4. The van der Waals surface area contributed by atoms with E-state index in [2.05, 4.69) is 14.9 Å². The minimum absolute atomic E-state index is 0.0857. The molecule has 0 spiro atoms. The van der Waals surface area contributed by atoms with Gasteiger partial charge in [0, 0.05) is 55.6 Å². The molecule has 3 aromatic rings. The summed E-state index contributed by atoms with van der Waals surface area (Å²) in [6.07, 6.45) is 5.00. The van der Waals surface area contributed by atoms with Crippen LogP contribution in [0.3, 0.4) is 0 Å². The molecule has 26 heavy (non-hydrogen) atoms. The second kappa shape index (κ2) is 6.48. The molecule has 1 aliphatic heterocycles. The molecule has 0 bridgehead atoms. The van der Waals surface area contributed by atoms with E-state index >= 15 is 0 Å². The van der Waals surface area contributed by atoms with E-state index in [0.717, 1.165) is 36.6 Å². The first kappa shape index (κ1) is 17.2. The summed E-state index contributed by atoms with van der Waals surface area (Å²) in [5.74, 6) is -2.52. The molecule has 5 nitrogen and oxygen atoms in total. The average molecular weight is 379 g/mol. The maximum atomic E-state index is 13.7. The van der Waals surface area contributed by atoms with Crippen LogP contribution in [-0.4, -0.2) is 40.8 Å². The van der Waals surface area contributed by atoms with Crippen molar-refractivity contribution in [2.24, 2.45) is 0 Å². The molecule has 136 valence electrons. The number of morpholine rings is 1. The van der Waals surface area contributed by atoms with Crippen molar-refractivity contribution >= 4 is 28.2 Å². The molecule has 1 saturated heterocycles. The second-order valence-corrected chi connectivity index (χ2v) is 6.69. The van der Waals surface area contributed by atoms with Gasteiger partial charge < -0.3 is 9.64 Å². The van der Waals surface area contributed by atoms with Crippen LogP contribution in [0.25, 0.3) is 16.7 Å². The van der Waals surface area contributed by atoms with E-state index in [0.29, 0.717) is 24.2 Å². The first-order valence-corrected chi connectivity index (χ1v) is 8.65. The van der Waals surface area contributed by atoms with Crippen molar-refractivity contribution < 1.29 is 13.5 Å². The molecule has 0 atom stereocenters. The van der Waals surface area contributed by atoms with Crippen molar-refractivity contribution in [2.75, 3.05) is 31.2 Å². The van der Waals surface area contributed by atoms with E-state index in [4.69, 9.17) is 16.3 Å². The maximum absolute atomic E-state index is 13.7. The molecule has 8 heteroatoms. The molecule has 0 aliphatic carbocycles. The number of anilines is 1. The number of alkyl halides is 2. The van der Waals surface area contributed by atoms with Gasteiger partial charge in [-0.3, -0.25) is 4.57 Å². The Kier molecular flexibility index (Phi) is 4.28. The predicted molar refractivity (Wildman–Crippen MR) is 96.5 cm³/mol. The Bertz CT molecular complexity index is 948. The summed E-state index contributed by atoms with van der Waals surface area (Å²) in [5.41, 5.74) is 1.65. The first-order valence-electron chi connectivity index (χ1n) is 8.27. The summed E-state index contributed by atoms with van der Waals surface area (Å²) >= 11 is 6.08. The van der Waals surface area contributed by atoms with Gasteiger partial charge in [0.2, 0.25) is 0 Å². The lowest BCUT2D eigenvalue weighted by atomic mass is 10.1. The molecule has 4 rings (SSSR count). The number of rotatable bonds is 3. The highest BCUT2D eigenvalue weighted by molar-refractivity contribution is 6.30. The summed E-state index contributed by atoms with van der Waals surface area (Å²) in [6, 6.07) is 4.45.